The zero-order chi connectivity index (χ0) is 17.6. The van der Waals surface area contributed by atoms with Crippen molar-refractivity contribution < 1.29 is 14.0 Å². The lowest BCUT2D eigenvalue weighted by Gasteiger charge is -2.16. The molecule has 0 spiro atoms. The quantitative estimate of drug-likeness (QED) is 0.878. The summed E-state index contributed by atoms with van der Waals surface area (Å²) in [6, 6.07) is 16.0. The van der Waals surface area contributed by atoms with E-state index in [2.05, 4.69) is 5.32 Å². The fourth-order valence-corrected chi connectivity index (χ4v) is 3.03. The normalized spacial score (nSPS) is 16.9. The van der Waals surface area contributed by atoms with Gasteiger partial charge in [0.25, 0.3) is 0 Å². The molecule has 130 valence electrons. The fraction of sp³-hybridized carbons (Fsp3) is 0.300. The van der Waals surface area contributed by atoms with Gasteiger partial charge >= 0.3 is 0 Å². The molecule has 2 amide bonds. The summed E-state index contributed by atoms with van der Waals surface area (Å²) < 4.78 is 13.0. The molecule has 1 atom stereocenters. The van der Waals surface area contributed by atoms with Crippen LogP contribution in [0, 0.1) is 11.7 Å². The highest BCUT2D eigenvalue weighted by Gasteiger charge is 2.33. The Bertz CT molecular complexity index is 731. The number of hydrogen-bond acceptors (Lipinski definition) is 2. The van der Waals surface area contributed by atoms with E-state index in [1.807, 2.05) is 30.3 Å². The Balaban J connectivity index is 1.47. The third-order valence-electron chi connectivity index (χ3n) is 4.43. The smallest absolute Gasteiger partial charge is 0.225 e. The molecule has 1 N–H and O–H groups in total. The third-order valence-corrected chi connectivity index (χ3v) is 4.43. The van der Waals surface area contributed by atoms with Crippen LogP contribution < -0.4 is 5.32 Å². The van der Waals surface area contributed by atoms with Crippen molar-refractivity contribution >= 4 is 11.8 Å². The molecule has 3 rings (SSSR count). The van der Waals surface area contributed by atoms with Gasteiger partial charge in [-0.15, -0.1) is 0 Å². The molecule has 0 radical (unpaired) electrons. The van der Waals surface area contributed by atoms with Gasteiger partial charge in [0.15, 0.2) is 0 Å². The van der Waals surface area contributed by atoms with E-state index in [4.69, 9.17) is 0 Å². The Labute approximate surface area is 146 Å². The van der Waals surface area contributed by atoms with Crippen LogP contribution in [0.1, 0.15) is 17.5 Å². The van der Waals surface area contributed by atoms with Crippen LogP contribution in [-0.4, -0.2) is 29.8 Å². The van der Waals surface area contributed by atoms with Crippen molar-refractivity contribution in [2.45, 2.75) is 19.4 Å². The highest BCUT2D eigenvalue weighted by molar-refractivity contribution is 5.89. The second kappa shape index (κ2) is 7.92. The Hall–Kier alpha value is -2.69. The number of amides is 2. The molecule has 0 aliphatic carbocycles. The van der Waals surface area contributed by atoms with Gasteiger partial charge in [0, 0.05) is 26.1 Å². The average molecular weight is 340 g/mol. The second-order valence-electron chi connectivity index (χ2n) is 6.33. The van der Waals surface area contributed by atoms with Crippen molar-refractivity contribution in [3.8, 4) is 0 Å². The molecule has 0 saturated carbocycles. The Kier molecular flexibility index (Phi) is 5.43. The van der Waals surface area contributed by atoms with E-state index in [-0.39, 0.29) is 30.0 Å². The van der Waals surface area contributed by atoms with Crippen LogP contribution >= 0.6 is 0 Å². The standard InChI is InChI=1S/C20H21FN2O2/c21-18-8-6-16(7-9-18)13-23-14-17(12-19(23)24)20(25)22-11-10-15-4-2-1-3-5-15/h1-9,17H,10-14H2,(H,22,25)/t17-/m0/s1. The van der Waals surface area contributed by atoms with E-state index in [0.717, 1.165) is 12.0 Å². The summed E-state index contributed by atoms with van der Waals surface area (Å²) in [5, 5.41) is 2.92. The zero-order valence-electron chi connectivity index (χ0n) is 14.0. The van der Waals surface area contributed by atoms with E-state index in [0.29, 0.717) is 19.6 Å². The van der Waals surface area contributed by atoms with E-state index < -0.39 is 0 Å². The Morgan fingerprint density at radius 3 is 2.52 bits per heavy atom. The molecule has 0 unspecified atom stereocenters. The summed E-state index contributed by atoms with van der Waals surface area (Å²) >= 11 is 0. The zero-order valence-corrected chi connectivity index (χ0v) is 14.0. The lowest BCUT2D eigenvalue weighted by molar-refractivity contribution is -0.129. The number of carbonyl (C=O) groups excluding carboxylic acids is 2. The van der Waals surface area contributed by atoms with Gasteiger partial charge in [-0.3, -0.25) is 9.59 Å². The van der Waals surface area contributed by atoms with Gasteiger partial charge in [-0.05, 0) is 29.7 Å². The van der Waals surface area contributed by atoms with Gasteiger partial charge in [-0.1, -0.05) is 42.5 Å². The molecule has 1 heterocycles. The lowest BCUT2D eigenvalue weighted by Crippen LogP contribution is -2.34. The van der Waals surface area contributed by atoms with Gasteiger partial charge in [0.2, 0.25) is 11.8 Å². The van der Waals surface area contributed by atoms with Gasteiger partial charge < -0.3 is 10.2 Å². The van der Waals surface area contributed by atoms with Crippen LogP contribution in [0.2, 0.25) is 0 Å². The number of hydrogen-bond donors (Lipinski definition) is 1. The topological polar surface area (TPSA) is 49.4 Å². The van der Waals surface area contributed by atoms with Crippen LogP contribution in [0.5, 0.6) is 0 Å². The van der Waals surface area contributed by atoms with E-state index in [1.165, 1.54) is 17.7 Å². The summed E-state index contributed by atoms with van der Waals surface area (Å²) in [6.07, 6.45) is 1.00. The molecule has 0 bridgehead atoms. The lowest BCUT2D eigenvalue weighted by atomic mass is 10.1. The largest absolute Gasteiger partial charge is 0.355 e. The second-order valence-corrected chi connectivity index (χ2v) is 6.33. The molecule has 2 aromatic rings. The molecule has 25 heavy (non-hydrogen) atoms. The monoisotopic (exact) mass is 340 g/mol. The maximum Gasteiger partial charge on any atom is 0.225 e. The molecule has 4 nitrogen and oxygen atoms in total. The summed E-state index contributed by atoms with van der Waals surface area (Å²) in [6.45, 7) is 1.38. The highest BCUT2D eigenvalue weighted by Crippen LogP contribution is 2.20. The van der Waals surface area contributed by atoms with Crippen molar-refractivity contribution in [2.24, 2.45) is 5.92 Å². The van der Waals surface area contributed by atoms with Crippen molar-refractivity contribution in [3.63, 3.8) is 0 Å². The number of nitrogens with one attached hydrogen (secondary N) is 1. The maximum absolute atomic E-state index is 13.0. The molecule has 1 aliphatic rings. The summed E-state index contributed by atoms with van der Waals surface area (Å²) in [7, 11) is 0. The van der Waals surface area contributed by atoms with Gasteiger partial charge in [0.05, 0.1) is 5.92 Å². The van der Waals surface area contributed by atoms with Crippen LogP contribution in [0.15, 0.2) is 54.6 Å². The first kappa shape index (κ1) is 17.1. The molecular formula is C20H21FN2O2. The van der Waals surface area contributed by atoms with Crippen LogP contribution in [0.3, 0.4) is 0 Å². The number of benzene rings is 2. The first-order chi connectivity index (χ1) is 12.1. The minimum atomic E-state index is -0.316. The summed E-state index contributed by atoms with van der Waals surface area (Å²) in [4.78, 5) is 26.1. The molecule has 1 aliphatic heterocycles. The van der Waals surface area contributed by atoms with Crippen molar-refractivity contribution in [3.05, 3.63) is 71.5 Å². The first-order valence-electron chi connectivity index (χ1n) is 8.45. The summed E-state index contributed by atoms with van der Waals surface area (Å²) in [5.74, 6) is -0.727. The average Bonchev–Trinajstić information content (AvgIpc) is 2.99. The van der Waals surface area contributed by atoms with Gasteiger partial charge in [0.1, 0.15) is 5.82 Å². The predicted molar refractivity (Wildman–Crippen MR) is 93.1 cm³/mol. The molecule has 1 saturated heterocycles. The summed E-state index contributed by atoms with van der Waals surface area (Å²) in [5.41, 5.74) is 2.03. The van der Waals surface area contributed by atoms with Gasteiger partial charge in [-0.2, -0.15) is 0 Å². The van der Waals surface area contributed by atoms with Crippen LogP contribution in [0.25, 0.3) is 0 Å². The number of rotatable bonds is 6. The first-order valence-corrected chi connectivity index (χ1v) is 8.45. The molecule has 2 aromatic carbocycles. The van der Waals surface area contributed by atoms with Crippen molar-refractivity contribution in [1.29, 1.82) is 0 Å². The fourth-order valence-electron chi connectivity index (χ4n) is 3.03. The number of halogens is 1. The number of carbonyl (C=O) groups is 2. The van der Waals surface area contributed by atoms with Gasteiger partial charge in [-0.25, -0.2) is 4.39 Å². The minimum absolute atomic E-state index is 0.0347. The van der Waals surface area contributed by atoms with E-state index >= 15 is 0 Å². The van der Waals surface area contributed by atoms with Crippen LogP contribution in [0.4, 0.5) is 4.39 Å². The maximum atomic E-state index is 13.0. The Morgan fingerprint density at radius 1 is 1.08 bits per heavy atom. The molecule has 5 heteroatoms. The van der Waals surface area contributed by atoms with E-state index in [9.17, 15) is 14.0 Å². The predicted octanol–water partition coefficient (Wildman–Crippen LogP) is 2.53. The van der Waals surface area contributed by atoms with Crippen LogP contribution in [-0.2, 0) is 22.6 Å². The van der Waals surface area contributed by atoms with Crippen molar-refractivity contribution in [2.75, 3.05) is 13.1 Å². The minimum Gasteiger partial charge on any atom is -0.355 e. The number of likely N-dealkylation sites (tertiary alicyclic amines) is 1. The number of nitrogens with zero attached hydrogens (tertiary/aromatic N) is 1. The van der Waals surface area contributed by atoms with E-state index in [1.54, 1.807) is 17.0 Å². The van der Waals surface area contributed by atoms with Crippen molar-refractivity contribution in [1.82, 2.24) is 10.2 Å². The molecule has 0 aromatic heterocycles. The SMILES string of the molecule is O=C(NCCc1ccccc1)[C@H]1CC(=O)N(Cc2ccc(F)cc2)C1. The highest BCUT2D eigenvalue weighted by atomic mass is 19.1. The molecular weight excluding hydrogens is 319 g/mol. The third kappa shape index (κ3) is 4.66. The Morgan fingerprint density at radius 2 is 1.80 bits per heavy atom. The molecule has 1 fully saturated rings.